The predicted octanol–water partition coefficient (Wildman–Crippen LogP) is 4.00. The first-order chi connectivity index (χ1) is 13.9. The van der Waals surface area contributed by atoms with Crippen molar-refractivity contribution in [2.75, 3.05) is 19.8 Å². The van der Waals surface area contributed by atoms with E-state index < -0.39 is 16.8 Å². The maximum Gasteiger partial charge on any atom is 0.345 e. The van der Waals surface area contributed by atoms with Crippen molar-refractivity contribution in [1.82, 2.24) is 19.5 Å². The maximum atomic E-state index is 13.9. The van der Waals surface area contributed by atoms with Crippen LogP contribution in [0, 0.1) is 17.6 Å². The van der Waals surface area contributed by atoms with Gasteiger partial charge in [-0.05, 0) is 40.2 Å². The molecule has 0 aliphatic carbocycles. The fourth-order valence-corrected chi connectivity index (χ4v) is 4.97. The van der Waals surface area contributed by atoms with Crippen molar-refractivity contribution in [3.8, 4) is 12.3 Å². The molecule has 2 aromatic heterocycles. The van der Waals surface area contributed by atoms with Gasteiger partial charge in [-0.3, -0.25) is 4.65 Å². The normalized spacial score (nSPS) is 21.9. The number of hydroxylamine groups is 2. The van der Waals surface area contributed by atoms with Crippen LogP contribution in [0.4, 0.5) is 5.13 Å². The number of terminal acetylenes is 1. The summed E-state index contributed by atoms with van der Waals surface area (Å²) in [6.07, 6.45) is 5.85. The number of pyridine rings is 1. The molecule has 1 aromatic carbocycles. The molecule has 0 N–H and O–H groups in total. The standard InChI is InChI=1S/C19H14BrClN4O3S/c1-2-9-24-10-15(28-18(26)12-5-4-8-22-17(12)21)25(27,11-24)19-23-14-7-3-6-13(20)16(14)29-19/h1,3-8,15H,9-11H2. The first-order valence-corrected chi connectivity index (χ1v) is 10.5. The second-order valence-corrected chi connectivity index (χ2v) is 8.63. The number of quaternary nitrogens is 1. The van der Waals surface area contributed by atoms with Gasteiger partial charge in [0.05, 0.1) is 28.9 Å². The fourth-order valence-electron chi connectivity index (χ4n) is 3.14. The minimum atomic E-state index is -1.04. The zero-order valence-corrected chi connectivity index (χ0v) is 18.1. The van der Waals surface area contributed by atoms with E-state index in [-0.39, 0.29) is 30.5 Å². The van der Waals surface area contributed by atoms with Crippen molar-refractivity contribution in [1.29, 1.82) is 0 Å². The number of esters is 1. The molecular weight excluding hydrogens is 480 g/mol. The van der Waals surface area contributed by atoms with Crippen LogP contribution < -0.4 is 4.65 Å². The van der Waals surface area contributed by atoms with Crippen molar-refractivity contribution >= 4 is 60.2 Å². The number of aromatic nitrogens is 2. The number of carbonyl (C=O) groups is 1. The number of fused-ring (bicyclic) bond motifs is 1. The molecule has 29 heavy (non-hydrogen) atoms. The highest BCUT2D eigenvalue weighted by Gasteiger charge is 2.46. The van der Waals surface area contributed by atoms with Crippen molar-refractivity contribution in [3.05, 3.63) is 56.9 Å². The molecular formula is C19H14BrClN4O3S. The molecule has 4 rings (SSSR count). The Balaban J connectivity index is 1.70. The molecule has 2 unspecified atom stereocenters. The molecule has 3 aromatic rings. The lowest BCUT2D eigenvalue weighted by atomic mass is 10.3. The number of ether oxygens (including phenoxy) is 1. The zero-order chi connectivity index (χ0) is 20.6. The van der Waals surface area contributed by atoms with E-state index in [1.807, 2.05) is 18.2 Å². The summed E-state index contributed by atoms with van der Waals surface area (Å²) in [6, 6.07) is 8.64. The van der Waals surface area contributed by atoms with E-state index >= 15 is 0 Å². The molecule has 7 nitrogen and oxygen atoms in total. The van der Waals surface area contributed by atoms with Crippen LogP contribution in [0.5, 0.6) is 0 Å². The monoisotopic (exact) mass is 492 g/mol. The average Bonchev–Trinajstić information content (AvgIpc) is 3.26. The molecule has 10 heteroatoms. The highest BCUT2D eigenvalue weighted by Crippen LogP contribution is 2.40. The van der Waals surface area contributed by atoms with Gasteiger partial charge in [-0.25, -0.2) is 14.7 Å². The van der Waals surface area contributed by atoms with Gasteiger partial charge in [0.15, 0.2) is 0 Å². The lowest BCUT2D eigenvalue weighted by Gasteiger charge is -2.38. The Morgan fingerprint density at radius 1 is 1.48 bits per heavy atom. The van der Waals surface area contributed by atoms with Gasteiger partial charge in [0.2, 0.25) is 0 Å². The van der Waals surface area contributed by atoms with Gasteiger partial charge in [0.25, 0.3) is 11.4 Å². The van der Waals surface area contributed by atoms with Crippen LogP contribution in [0.15, 0.2) is 41.0 Å². The van der Waals surface area contributed by atoms with Crippen LogP contribution in [0.2, 0.25) is 5.15 Å². The van der Waals surface area contributed by atoms with Crippen LogP contribution in [-0.2, 0) is 4.74 Å². The number of carbonyl (C=O) groups excluding carboxylic acids is 1. The lowest BCUT2D eigenvalue weighted by Crippen LogP contribution is -2.50. The van der Waals surface area contributed by atoms with Crippen molar-refractivity contribution < 1.29 is 9.53 Å². The van der Waals surface area contributed by atoms with Crippen LogP contribution in [0.3, 0.4) is 0 Å². The maximum absolute atomic E-state index is 13.9. The van der Waals surface area contributed by atoms with Gasteiger partial charge in [0, 0.05) is 10.7 Å². The number of hydrogen-bond acceptors (Lipinski definition) is 7. The third kappa shape index (κ3) is 3.75. The van der Waals surface area contributed by atoms with Crippen LogP contribution in [0.25, 0.3) is 10.2 Å². The Morgan fingerprint density at radius 2 is 2.31 bits per heavy atom. The van der Waals surface area contributed by atoms with E-state index in [1.165, 1.54) is 23.6 Å². The van der Waals surface area contributed by atoms with Gasteiger partial charge in [-0.15, -0.1) is 6.42 Å². The quantitative estimate of drug-likeness (QED) is 0.180. The molecule has 1 aliphatic heterocycles. The van der Waals surface area contributed by atoms with Gasteiger partial charge in [0.1, 0.15) is 11.8 Å². The van der Waals surface area contributed by atoms with Crippen molar-refractivity contribution in [3.63, 3.8) is 0 Å². The van der Waals surface area contributed by atoms with Gasteiger partial charge in [-0.1, -0.05) is 34.9 Å². The largest absolute Gasteiger partial charge is 0.622 e. The van der Waals surface area contributed by atoms with Crippen LogP contribution in [0.1, 0.15) is 10.4 Å². The van der Waals surface area contributed by atoms with Gasteiger partial charge < -0.3 is 9.94 Å². The Labute approximate surface area is 184 Å². The van der Waals surface area contributed by atoms with E-state index in [9.17, 15) is 10.0 Å². The highest BCUT2D eigenvalue weighted by atomic mass is 79.9. The van der Waals surface area contributed by atoms with E-state index in [1.54, 1.807) is 11.0 Å². The zero-order valence-electron chi connectivity index (χ0n) is 14.9. The summed E-state index contributed by atoms with van der Waals surface area (Å²) in [4.78, 5) is 22.8. The summed E-state index contributed by atoms with van der Waals surface area (Å²) in [7, 11) is 0. The Morgan fingerprint density at radius 3 is 3.03 bits per heavy atom. The summed E-state index contributed by atoms with van der Waals surface area (Å²) in [5.74, 6) is 1.82. The summed E-state index contributed by atoms with van der Waals surface area (Å²) >= 11 is 10.7. The van der Waals surface area contributed by atoms with Crippen LogP contribution in [-0.4, -0.2) is 46.8 Å². The number of hydrogen-bond donors (Lipinski definition) is 0. The molecule has 0 spiro atoms. The van der Waals surface area contributed by atoms with Gasteiger partial charge >= 0.3 is 5.97 Å². The Hall–Kier alpha value is -2.06. The Kier molecular flexibility index (Phi) is 5.57. The summed E-state index contributed by atoms with van der Waals surface area (Å²) in [5.41, 5.74) is 0.798. The molecule has 1 aliphatic rings. The van der Waals surface area contributed by atoms with Crippen molar-refractivity contribution in [2.45, 2.75) is 6.23 Å². The van der Waals surface area contributed by atoms with Crippen LogP contribution >= 0.6 is 38.9 Å². The molecule has 1 fully saturated rings. The third-order valence-electron chi connectivity index (χ3n) is 4.51. The highest BCUT2D eigenvalue weighted by molar-refractivity contribution is 9.10. The average molecular weight is 494 g/mol. The summed E-state index contributed by atoms with van der Waals surface area (Å²) < 4.78 is 6.36. The molecule has 0 amide bonds. The van der Waals surface area contributed by atoms with E-state index in [4.69, 9.17) is 22.8 Å². The minimum Gasteiger partial charge on any atom is -0.622 e. The second kappa shape index (κ2) is 7.99. The van der Waals surface area contributed by atoms with Crippen molar-refractivity contribution in [2.24, 2.45) is 0 Å². The second-order valence-electron chi connectivity index (χ2n) is 6.44. The SMILES string of the molecule is C#CCN1CC(OC(=O)c2cccnc2Cl)[N+]([O-])(c2nc3cccc(Br)c3s2)C1. The molecule has 148 valence electrons. The minimum absolute atomic E-state index is 0.0175. The molecule has 0 saturated carbocycles. The number of rotatable bonds is 4. The number of benzene rings is 1. The predicted molar refractivity (Wildman–Crippen MR) is 116 cm³/mol. The number of thiazole rings is 1. The smallest absolute Gasteiger partial charge is 0.345 e. The molecule has 0 radical (unpaired) electrons. The summed E-state index contributed by atoms with van der Waals surface area (Å²) in [6.45, 7) is 0.479. The van der Waals surface area contributed by atoms with E-state index in [0.29, 0.717) is 10.6 Å². The van der Waals surface area contributed by atoms with Gasteiger partial charge in [-0.2, -0.15) is 4.98 Å². The fraction of sp³-hybridized carbons (Fsp3) is 0.211. The number of halogens is 2. The first-order valence-electron chi connectivity index (χ1n) is 8.54. The Bertz CT molecular complexity index is 1130. The van der Waals surface area contributed by atoms with E-state index in [2.05, 4.69) is 31.8 Å². The third-order valence-corrected chi connectivity index (χ3v) is 6.95. The molecule has 0 bridgehead atoms. The molecule has 2 atom stereocenters. The first kappa shape index (κ1) is 20.2. The number of nitrogens with zero attached hydrogens (tertiary/aromatic N) is 4. The lowest BCUT2D eigenvalue weighted by molar-refractivity contribution is 0.00567. The topological polar surface area (TPSA) is 78.4 Å². The van der Waals surface area contributed by atoms with E-state index in [0.717, 1.165) is 9.17 Å². The molecule has 1 saturated heterocycles. The summed E-state index contributed by atoms with van der Waals surface area (Å²) in [5, 5.41) is 14.2. The molecule has 3 heterocycles.